The summed E-state index contributed by atoms with van der Waals surface area (Å²) in [6, 6.07) is 7.94. The molecule has 170 valence electrons. The molecule has 4 heterocycles. The van der Waals surface area contributed by atoms with Crippen molar-refractivity contribution in [2.24, 2.45) is 5.92 Å². The first-order valence-electron chi connectivity index (χ1n) is 11.2. The van der Waals surface area contributed by atoms with Crippen molar-refractivity contribution >= 4 is 23.3 Å². The van der Waals surface area contributed by atoms with Crippen molar-refractivity contribution in [3.05, 3.63) is 60.4 Å². The average molecular weight is 446 g/mol. The Hall–Kier alpha value is -3.75. The number of nitrogens with zero attached hydrogens (tertiary/aromatic N) is 7. The van der Waals surface area contributed by atoms with Gasteiger partial charge in [-0.25, -0.2) is 15.0 Å². The van der Waals surface area contributed by atoms with Crippen molar-refractivity contribution in [1.29, 1.82) is 0 Å². The number of carbonyl (C=O) groups excluding carboxylic acids is 2. The van der Waals surface area contributed by atoms with E-state index >= 15 is 0 Å². The number of anilines is 2. The van der Waals surface area contributed by atoms with Crippen LogP contribution in [0.15, 0.2) is 49.3 Å². The quantitative estimate of drug-likeness (QED) is 0.610. The summed E-state index contributed by atoms with van der Waals surface area (Å²) in [6.45, 7) is 7.13. The van der Waals surface area contributed by atoms with Gasteiger partial charge < -0.3 is 14.7 Å². The molecule has 9 nitrogen and oxygen atoms in total. The molecular formula is C24H27N7O2. The fourth-order valence-corrected chi connectivity index (χ4v) is 4.48. The minimum Gasteiger partial charge on any atom is -0.353 e. The molecule has 3 aromatic rings. The summed E-state index contributed by atoms with van der Waals surface area (Å²) in [6.07, 6.45) is 7.07. The minimum absolute atomic E-state index is 0.0169. The third kappa shape index (κ3) is 4.18. The van der Waals surface area contributed by atoms with Crippen LogP contribution in [-0.2, 0) is 9.59 Å². The number of aryl methyl sites for hydroxylation is 2. The van der Waals surface area contributed by atoms with E-state index in [1.165, 1.54) is 5.56 Å². The third-order valence-corrected chi connectivity index (χ3v) is 6.60. The van der Waals surface area contributed by atoms with Gasteiger partial charge in [-0.3, -0.25) is 14.2 Å². The molecule has 2 amide bonds. The van der Waals surface area contributed by atoms with Crippen LogP contribution in [0.3, 0.4) is 0 Å². The smallest absolute Gasteiger partial charge is 0.228 e. The fourth-order valence-electron chi connectivity index (χ4n) is 4.48. The zero-order valence-corrected chi connectivity index (χ0v) is 18.9. The Kier molecular flexibility index (Phi) is 5.53. The standard InChI is InChI=1S/C24H27N7O2/c1-17-3-4-20(11-18(17)2)31-14-19(12-23(31)32)24(33)29-9-7-28(8-10-29)21-13-22(27-15-26-21)30-6-5-25-16-30/h3-6,11,13,15-16,19H,7-10,12,14H2,1-2H3. The molecule has 1 unspecified atom stereocenters. The van der Waals surface area contributed by atoms with Crippen LogP contribution in [0, 0.1) is 19.8 Å². The van der Waals surface area contributed by atoms with E-state index in [-0.39, 0.29) is 24.2 Å². The van der Waals surface area contributed by atoms with E-state index in [1.807, 2.05) is 46.9 Å². The fraction of sp³-hybridized carbons (Fsp3) is 0.375. The molecule has 1 atom stereocenters. The molecule has 0 radical (unpaired) electrons. The van der Waals surface area contributed by atoms with Gasteiger partial charge in [0, 0.05) is 63.3 Å². The topological polar surface area (TPSA) is 87.5 Å². The zero-order valence-electron chi connectivity index (χ0n) is 18.9. The van der Waals surface area contributed by atoms with Crippen LogP contribution in [0.25, 0.3) is 5.82 Å². The van der Waals surface area contributed by atoms with Crippen molar-refractivity contribution in [2.45, 2.75) is 20.3 Å². The molecule has 0 aliphatic carbocycles. The number of hydrogen-bond acceptors (Lipinski definition) is 6. The van der Waals surface area contributed by atoms with E-state index in [1.54, 1.807) is 23.8 Å². The van der Waals surface area contributed by atoms with Crippen molar-refractivity contribution in [3.8, 4) is 5.82 Å². The maximum atomic E-state index is 13.2. The molecule has 1 aromatic carbocycles. The number of aromatic nitrogens is 4. The first kappa shape index (κ1) is 21.1. The highest BCUT2D eigenvalue weighted by Gasteiger charge is 2.38. The highest BCUT2D eigenvalue weighted by Crippen LogP contribution is 2.28. The zero-order chi connectivity index (χ0) is 22.9. The van der Waals surface area contributed by atoms with Crippen LogP contribution in [0.2, 0.25) is 0 Å². The number of imidazole rings is 1. The van der Waals surface area contributed by atoms with Crippen molar-refractivity contribution < 1.29 is 9.59 Å². The number of carbonyl (C=O) groups is 2. The van der Waals surface area contributed by atoms with E-state index in [4.69, 9.17) is 0 Å². The van der Waals surface area contributed by atoms with E-state index in [9.17, 15) is 9.59 Å². The van der Waals surface area contributed by atoms with Crippen molar-refractivity contribution in [3.63, 3.8) is 0 Å². The maximum Gasteiger partial charge on any atom is 0.228 e. The molecule has 0 saturated carbocycles. The average Bonchev–Trinajstić information content (AvgIpc) is 3.51. The number of hydrogen-bond donors (Lipinski definition) is 0. The molecule has 0 bridgehead atoms. The predicted molar refractivity (Wildman–Crippen MR) is 124 cm³/mol. The van der Waals surface area contributed by atoms with Gasteiger partial charge in [-0.1, -0.05) is 6.07 Å². The summed E-state index contributed by atoms with van der Waals surface area (Å²) in [5.41, 5.74) is 3.21. The minimum atomic E-state index is -0.294. The number of piperazine rings is 1. The van der Waals surface area contributed by atoms with E-state index in [2.05, 4.69) is 26.8 Å². The van der Waals surface area contributed by atoms with Crippen LogP contribution >= 0.6 is 0 Å². The molecule has 5 rings (SSSR count). The maximum absolute atomic E-state index is 13.2. The van der Waals surface area contributed by atoms with Gasteiger partial charge >= 0.3 is 0 Å². The molecule has 0 N–H and O–H groups in total. The lowest BCUT2D eigenvalue weighted by molar-refractivity contribution is -0.136. The molecule has 2 aliphatic heterocycles. The Morgan fingerprint density at radius 1 is 1.00 bits per heavy atom. The monoisotopic (exact) mass is 445 g/mol. The van der Waals surface area contributed by atoms with Gasteiger partial charge in [0.1, 0.15) is 24.3 Å². The van der Waals surface area contributed by atoms with E-state index < -0.39 is 0 Å². The number of rotatable bonds is 4. The Balaban J connectivity index is 1.21. The van der Waals surface area contributed by atoms with Crippen LogP contribution in [0.4, 0.5) is 11.5 Å². The lowest BCUT2D eigenvalue weighted by Crippen LogP contribution is -2.51. The van der Waals surface area contributed by atoms with E-state index in [0.717, 1.165) is 22.9 Å². The van der Waals surface area contributed by atoms with E-state index in [0.29, 0.717) is 32.7 Å². The second-order valence-corrected chi connectivity index (χ2v) is 8.69. The largest absolute Gasteiger partial charge is 0.353 e. The summed E-state index contributed by atoms with van der Waals surface area (Å²) in [5, 5.41) is 0. The summed E-state index contributed by atoms with van der Waals surface area (Å²) >= 11 is 0. The molecule has 2 saturated heterocycles. The Morgan fingerprint density at radius 2 is 1.79 bits per heavy atom. The summed E-state index contributed by atoms with van der Waals surface area (Å²) in [4.78, 5) is 44.4. The molecule has 2 aliphatic rings. The second-order valence-electron chi connectivity index (χ2n) is 8.69. The first-order valence-corrected chi connectivity index (χ1v) is 11.2. The lowest BCUT2D eigenvalue weighted by atomic mass is 10.1. The summed E-state index contributed by atoms with van der Waals surface area (Å²) in [7, 11) is 0. The van der Waals surface area contributed by atoms with Crippen molar-refractivity contribution in [1.82, 2.24) is 24.4 Å². The van der Waals surface area contributed by atoms with Gasteiger partial charge in [0.05, 0.1) is 5.92 Å². The molecule has 9 heteroatoms. The molecule has 0 spiro atoms. The Bertz CT molecular complexity index is 1170. The summed E-state index contributed by atoms with van der Waals surface area (Å²) in [5.74, 6) is 1.38. The number of amides is 2. The lowest BCUT2D eigenvalue weighted by Gasteiger charge is -2.36. The van der Waals surface area contributed by atoms with Gasteiger partial charge in [0.25, 0.3) is 0 Å². The molecule has 33 heavy (non-hydrogen) atoms. The highest BCUT2D eigenvalue weighted by molar-refractivity contribution is 6.00. The Labute approximate surface area is 192 Å². The van der Waals surface area contributed by atoms with Gasteiger partial charge in [0.15, 0.2) is 0 Å². The number of benzene rings is 1. The highest BCUT2D eigenvalue weighted by atomic mass is 16.2. The predicted octanol–water partition coefficient (Wildman–Crippen LogP) is 1.98. The van der Waals surface area contributed by atoms with Gasteiger partial charge in [-0.2, -0.15) is 0 Å². The first-order chi connectivity index (χ1) is 16.0. The van der Waals surface area contributed by atoms with Crippen LogP contribution < -0.4 is 9.80 Å². The van der Waals surface area contributed by atoms with Crippen LogP contribution in [0.1, 0.15) is 17.5 Å². The van der Waals surface area contributed by atoms with Gasteiger partial charge in [-0.15, -0.1) is 0 Å². The second kappa shape index (κ2) is 8.65. The van der Waals surface area contributed by atoms with Gasteiger partial charge in [-0.05, 0) is 37.1 Å². The Morgan fingerprint density at radius 3 is 2.52 bits per heavy atom. The molecule has 2 aromatic heterocycles. The summed E-state index contributed by atoms with van der Waals surface area (Å²) < 4.78 is 1.84. The third-order valence-electron chi connectivity index (χ3n) is 6.60. The molecule has 2 fully saturated rings. The van der Waals surface area contributed by atoms with Gasteiger partial charge in [0.2, 0.25) is 11.8 Å². The molecular weight excluding hydrogens is 418 g/mol. The van der Waals surface area contributed by atoms with Crippen LogP contribution in [-0.4, -0.2) is 69.0 Å². The SMILES string of the molecule is Cc1ccc(N2CC(C(=O)N3CCN(c4cc(-n5ccnc5)ncn4)CC3)CC2=O)cc1C. The van der Waals surface area contributed by atoms with Crippen molar-refractivity contribution in [2.75, 3.05) is 42.5 Å². The van der Waals surface area contributed by atoms with Crippen LogP contribution in [0.5, 0.6) is 0 Å². The normalized spacial score (nSPS) is 18.8.